The van der Waals surface area contributed by atoms with Gasteiger partial charge in [0.15, 0.2) is 0 Å². The molecule has 0 spiro atoms. The summed E-state index contributed by atoms with van der Waals surface area (Å²) in [6.07, 6.45) is 2.71. The van der Waals surface area contributed by atoms with E-state index in [0.29, 0.717) is 18.2 Å². The zero-order chi connectivity index (χ0) is 14.4. The van der Waals surface area contributed by atoms with Crippen LogP contribution in [-0.2, 0) is 22.7 Å². The minimum atomic E-state index is -0.945. The Morgan fingerprint density at radius 3 is 2.65 bits per heavy atom. The van der Waals surface area contributed by atoms with Crippen LogP contribution >= 0.6 is 22.9 Å². The predicted molar refractivity (Wildman–Crippen MR) is 80.9 cm³/mol. The van der Waals surface area contributed by atoms with Crippen molar-refractivity contribution in [3.63, 3.8) is 0 Å². The molecule has 0 aliphatic heterocycles. The lowest BCUT2D eigenvalue weighted by Gasteiger charge is -2.02. The first kappa shape index (κ1) is 14.8. The van der Waals surface area contributed by atoms with E-state index in [2.05, 4.69) is 0 Å². The summed E-state index contributed by atoms with van der Waals surface area (Å²) >= 11 is 7.33. The molecule has 0 saturated heterocycles. The van der Waals surface area contributed by atoms with Crippen LogP contribution in [0, 0.1) is 0 Å². The maximum Gasteiger partial charge on any atom is 0.328 e. The SMILES string of the molecule is O=C(O)C=Cc1ccc(COCc2ccc(Cl)cc2)s1. The van der Waals surface area contributed by atoms with E-state index in [0.717, 1.165) is 21.4 Å². The number of carboxylic acid groups (broad SMARTS) is 1. The number of rotatable bonds is 6. The molecule has 2 aromatic rings. The van der Waals surface area contributed by atoms with Crippen molar-refractivity contribution in [2.45, 2.75) is 13.2 Å². The molecule has 0 amide bonds. The predicted octanol–water partition coefficient (Wildman–Crippen LogP) is 4.22. The fourth-order valence-electron chi connectivity index (χ4n) is 1.57. The van der Waals surface area contributed by atoms with E-state index in [1.165, 1.54) is 11.3 Å². The van der Waals surface area contributed by atoms with Crippen molar-refractivity contribution in [2.75, 3.05) is 0 Å². The van der Waals surface area contributed by atoms with E-state index in [1.807, 2.05) is 36.4 Å². The van der Waals surface area contributed by atoms with Crippen LogP contribution in [0.1, 0.15) is 15.3 Å². The molecule has 0 atom stereocenters. The van der Waals surface area contributed by atoms with Crippen LogP contribution in [0.3, 0.4) is 0 Å². The Hall–Kier alpha value is -1.62. The van der Waals surface area contributed by atoms with Crippen molar-refractivity contribution in [2.24, 2.45) is 0 Å². The molecule has 20 heavy (non-hydrogen) atoms. The van der Waals surface area contributed by atoms with Crippen molar-refractivity contribution in [1.82, 2.24) is 0 Å². The average molecular weight is 309 g/mol. The Morgan fingerprint density at radius 1 is 1.20 bits per heavy atom. The molecule has 0 saturated carbocycles. The van der Waals surface area contributed by atoms with Gasteiger partial charge in [-0.1, -0.05) is 23.7 Å². The van der Waals surface area contributed by atoms with Crippen molar-refractivity contribution < 1.29 is 14.6 Å². The maximum absolute atomic E-state index is 10.4. The molecule has 3 nitrogen and oxygen atoms in total. The number of hydrogen-bond donors (Lipinski definition) is 1. The third kappa shape index (κ3) is 4.81. The van der Waals surface area contributed by atoms with Gasteiger partial charge in [0.2, 0.25) is 0 Å². The van der Waals surface area contributed by atoms with Gasteiger partial charge in [0.05, 0.1) is 13.2 Å². The number of aliphatic carboxylic acids is 1. The van der Waals surface area contributed by atoms with Crippen LogP contribution in [-0.4, -0.2) is 11.1 Å². The summed E-state index contributed by atoms with van der Waals surface area (Å²) in [6, 6.07) is 11.3. The fourth-order valence-corrected chi connectivity index (χ4v) is 2.54. The fraction of sp³-hybridized carbons (Fsp3) is 0.133. The summed E-state index contributed by atoms with van der Waals surface area (Å²) < 4.78 is 5.61. The summed E-state index contributed by atoms with van der Waals surface area (Å²) in [6.45, 7) is 1.03. The highest BCUT2D eigenvalue weighted by Gasteiger charge is 2.00. The molecule has 1 heterocycles. The highest BCUT2D eigenvalue weighted by atomic mass is 35.5. The Morgan fingerprint density at radius 2 is 1.95 bits per heavy atom. The number of halogens is 1. The molecule has 0 radical (unpaired) electrons. The zero-order valence-electron chi connectivity index (χ0n) is 10.6. The minimum absolute atomic E-state index is 0.508. The van der Waals surface area contributed by atoms with Crippen molar-refractivity contribution in [1.29, 1.82) is 0 Å². The van der Waals surface area contributed by atoms with Crippen LogP contribution in [0.4, 0.5) is 0 Å². The van der Waals surface area contributed by atoms with Gasteiger partial charge in [0.25, 0.3) is 0 Å². The molecule has 1 N–H and O–H groups in total. The molecular weight excluding hydrogens is 296 g/mol. The molecule has 0 fully saturated rings. The van der Waals surface area contributed by atoms with Gasteiger partial charge in [0, 0.05) is 20.9 Å². The molecule has 5 heteroatoms. The number of carboxylic acids is 1. The van der Waals surface area contributed by atoms with E-state index in [1.54, 1.807) is 6.08 Å². The standard InChI is InChI=1S/C15H13ClO3S/c16-12-3-1-11(2-4-12)9-19-10-14-6-5-13(20-14)7-8-15(17)18/h1-8H,9-10H2,(H,17,18). The Balaban J connectivity index is 1.82. The number of thiophene rings is 1. The Kier molecular flexibility index (Phi) is 5.35. The van der Waals surface area contributed by atoms with E-state index in [-0.39, 0.29) is 0 Å². The lowest BCUT2D eigenvalue weighted by molar-refractivity contribution is -0.131. The minimum Gasteiger partial charge on any atom is -0.478 e. The lowest BCUT2D eigenvalue weighted by Crippen LogP contribution is -1.91. The van der Waals surface area contributed by atoms with Gasteiger partial charge in [-0.15, -0.1) is 11.3 Å². The highest BCUT2D eigenvalue weighted by molar-refractivity contribution is 7.12. The second kappa shape index (κ2) is 7.24. The summed E-state index contributed by atoms with van der Waals surface area (Å²) in [4.78, 5) is 12.4. The maximum atomic E-state index is 10.4. The van der Waals surface area contributed by atoms with Crippen LogP contribution in [0.25, 0.3) is 6.08 Å². The third-order valence-corrected chi connectivity index (χ3v) is 3.77. The first-order chi connectivity index (χ1) is 9.63. The second-order valence-electron chi connectivity index (χ2n) is 4.09. The monoisotopic (exact) mass is 308 g/mol. The lowest BCUT2D eigenvalue weighted by atomic mass is 10.2. The number of ether oxygens (including phenoxy) is 1. The molecule has 0 unspecified atom stereocenters. The van der Waals surface area contributed by atoms with Crippen LogP contribution in [0.5, 0.6) is 0 Å². The van der Waals surface area contributed by atoms with Crippen molar-refractivity contribution in [3.8, 4) is 0 Å². The van der Waals surface area contributed by atoms with Crippen LogP contribution < -0.4 is 0 Å². The number of benzene rings is 1. The van der Waals surface area contributed by atoms with Crippen molar-refractivity contribution >= 4 is 35.0 Å². The van der Waals surface area contributed by atoms with Gasteiger partial charge in [-0.3, -0.25) is 0 Å². The average Bonchev–Trinajstić information content (AvgIpc) is 2.87. The first-order valence-electron chi connectivity index (χ1n) is 5.95. The topological polar surface area (TPSA) is 46.5 Å². The third-order valence-electron chi connectivity index (χ3n) is 2.50. The molecule has 0 aliphatic carbocycles. The summed E-state index contributed by atoms with van der Waals surface area (Å²) in [5.74, 6) is -0.945. The second-order valence-corrected chi connectivity index (χ2v) is 5.73. The van der Waals surface area contributed by atoms with E-state index >= 15 is 0 Å². The van der Waals surface area contributed by atoms with Gasteiger partial charge < -0.3 is 9.84 Å². The van der Waals surface area contributed by atoms with Gasteiger partial charge in [-0.05, 0) is 35.9 Å². The number of hydrogen-bond acceptors (Lipinski definition) is 3. The first-order valence-corrected chi connectivity index (χ1v) is 7.15. The van der Waals surface area contributed by atoms with Crippen LogP contribution in [0.15, 0.2) is 42.5 Å². The van der Waals surface area contributed by atoms with E-state index in [9.17, 15) is 4.79 Å². The summed E-state index contributed by atoms with van der Waals surface area (Å²) in [7, 11) is 0. The van der Waals surface area contributed by atoms with E-state index < -0.39 is 5.97 Å². The highest BCUT2D eigenvalue weighted by Crippen LogP contribution is 2.19. The molecule has 1 aromatic carbocycles. The molecule has 104 valence electrons. The smallest absolute Gasteiger partial charge is 0.328 e. The summed E-state index contributed by atoms with van der Waals surface area (Å²) in [5.41, 5.74) is 1.07. The molecule has 0 aliphatic rings. The Labute approximate surface area is 126 Å². The summed E-state index contributed by atoms with van der Waals surface area (Å²) in [5, 5.41) is 9.26. The van der Waals surface area contributed by atoms with Gasteiger partial charge >= 0.3 is 5.97 Å². The van der Waals surface area contributed by atoms with Crippen LogP contribution in [0.2, 0.25) is 5.02 Å². The number of carbonyl (C=O) groups is 1. The van der Waals surface area contributed by atoms with Crippen molar-refractivity contribution in [3.05, 3.63) is 62.8 Å². The molecular formula is C15H13ClO3S. The quantitative estimate of drug-likeness (QED) is 0.813. The van der Waals surface area contributed by atoms with E-state index in [4.69, 9.17) is 21.4 Å². The zero-order valence-corrected chi connectivity index (χ0v) is 12.2. The Bertz CT molecular complexity index is 602. The normalized spacial score (nSPS) is 11.1. The largest absolute Gasteiger partial charge is 0.478 e. The molecule has 0 bridgehead atoms. The molecule has 2 rings (SSSR count). The van der Waals surface area contributed by atoms with Gasteiger partial charge in [-0.25, -0.2) is 4.79 Å². The molecule has 1 aromatic heterocycles. The van der Waals surface area contributed by atoms with Gasteiger partial charge in [0.1, 0.15) is 0 Å². The van der Waals surface area contributed by atoms with Gasteiger partial charge in [-0.2, -0.15) is 0 Å².